The first kappa shape index (κ1) is 13.9. The predicted octanol–water partition coefficient (Wildman–Crippen LogP) is 2.40. The first-order valence-electron chi connectivity index (χ1n) is 6.77. The van der Waals surface area contributed by atoms with Crippen LogP contribution in [0.1, 0.15) is 16.1 Å². The fourth-order valence-electron chi connectivity index (χ4n) is 2.08. The molecule has 0 fully saturated rings. The molecular weight excluding hydrogens is 280 g/mol. The Bertz CT molecular complexity index is 756. The third kappa shape index (κ3) is 3.01. The van der Waals surface area contributed by atoms with E-state index in [1.165, 1.54) is 12.4 Å². The topological polar surface area (TPSA) is 72.1 Å². The Morgan fingerprint density at radius 2 is 2.00 bits per heavy atom. The van der Waals surface area contributed by atoms with E-state index >= 15 is 0 Å². The summed E-state index contributed by atoms with van der Waals surface area (Å²) in [6.07, 6.45) is 2.93. The largest absolute Gasteiger partial charge is 0.356 e. The Balaban J connectivity index is 1.71. The Kier molecular flexibility index (Phi) is 3.91. The SMILES string of the molecule is CN(Cc1cc(-c2ccccc2)on1)C(=O)c1ccnnc1. The molecule has 0 spiro atoms. The molecule has 3 aromatic rings. The van der Waals surface area contributed by atoms with Crippen LogP contribution in [0.2, 0.25) is 0 Å². The molecule has 0 radical (unpaired) electrons. The number of carbonyl (C=O) groups excluding carboxylic acids is 1. The maximum Gasteiger partial charge on any atom is 0.255 e. The van der Waals surface area contributed by atoms with Crippen molar-refractivity contribution < 1.29 is 9.32 Å². The summed E-state index contributed by atoms with van der Waals surface area (Å²) in [6, 6.07) is 13.2. The van der Waals surface area contributed by atoms with Gasteiger partial charge in [0, 0.05) is 18.7 Å². The lowest BCUT2D eigenvalue weighted by atomic mass is 10.1. The molecule has 3 rings (SSSR count). The van der Waals surface area contributed by atoms with Gasteiger partial charge < -0.3 is 9.42 Å². The normalized spacial score (nSPS) is 10.4. The molecule has 0 aliphatic heterocycles. The van der Waals surface area contributed by atoms with E-state index in [-0.39, 0.29) is 5.91 Å². The molecule has 110 valence electrons. The smallest absolute Gasteiger partial charge is 0.255 e. The molecule has 0 saturated carbocycles. The lowest BCUT2D eigenvalue weighted by molar-refractivity contribution is 0.0781. The molecule has 6 heteroatoms. The summed E-state index contributed by atoms with van der Waals surface area (Å²) >= 11 is 0. The van der Waals surface area contributed by atoms with E-state index in [4.69, 9.17) is 4.52 Å². The van der Waals surface area contributed by atoms with Crippen LogP contribution in [-0.4, -0.2) is 33.2 Å². The standard InChI is InChI=1S/C16H14N4O2/c1-20(16(21)13-7-8-17-18-10-13)11-14-9-15(22-19-14)12-5-3-2-4-6-12/h2-10H,11H2,1H3. The van der Waals surface area contributed by atoms with Gasteiger partial charge in [-0.1, -0.05) is 35.5 Å². The van der Waals surface area contributed by atoms with Crippen LogP contribution in [0.4, 0.5) is 0 Å². The second-order valence-electron chi connectivity index (χ2n) is 4.84. The van der Waals surface area contributed by atoms with Crippen LogP contribution in [-0.2, 0) is 6.54 Å². The number of aromatic nitrogens is 3. The van der Waals surface area contributed by atoms with E-state index in [1.54, 1.807) is 18.0 Å². The molecule has 2 aromatic heterocycles. The zero-order chi connectivity index (χ0) is 15.4. The summed E-state index contributed by atoms with van der Waals surface area (Å²) in [5.74, 6) is 0.543. The number of hydrogen-bond donors (Lipinski definition) is 0. The number of nitrogens with zero attached hydrogens (tertiary/aromatic N) is 4. The van der Waals surface area contributed by atoms with Gasteiger partial charge in [0.05, 0.1) is 24.5 Å². The van der Waals surface area contributed by atoms with Crippen LogP contribution in [0, 0.1) is 0 Å². The molecule has 0 aliphatic carbocycles. The van der Waals surface area contributed by atoms with E-state index < -0.39 is 0 Å². The molecule has 0 N–H and O–H groups in total. The van der Waals surface area contributed by atoms with Crippen LogP contribution in [0.25, 0.3) is 11.3 Å². The van der Waals surface area contributed by atoms with Crippen LogP contribution >= 0.6 is 0 Å². The maximum absolute atomic E-state index is 12.2. The van der Waals surface area contributed by atoms with E-state index in [9.17, 15) is 4.79 Å². The zero-order valence-electron chi connectivity index (χ0n) is 12.0. The minimum Gasteiger partial charge on any atom is -0.356 e. The summed E-state index contributed by atoms with van der Waals surface area (Å²) < 4.78 is 5.33. The Labute approximate surface area is 127 Å². The average molecular weight is 294 g/mol. The predicted molar refractivity (Wildman–Crippen MR) is 79.8 cm³/mol. The molecule has 1 aromatic carbocycles. The van der Waals surface area contributed by atoms with E-state index in [0.29, 0.717) is 23.6 Å². The van der Waals surface area contributed by atoms with Gasteiger partial charge in [0.15, 0.2) is 5.76 Å². The molecular formula is C16H14N4O2. The van der Waals surface area contributed by atoms with Crippen molar-refractivity contribution in [3.05, 3.63) is 66.1 Å². The van der Waals surface area contributed by atoms with Gasteiger partial charge in [-0.05, 0) is 6.07 Å². The molecule has 0 atom stereocenters. The van der Waals surface area contributed by atoms with Crippen molar-refractivity contribution in [1.82, 2.24) is 20.3 Å². The first-order chi connectivity index (χ1) is 10.7. The van der Waals surface area contributed by atoms with Gasteiger partial charge in [-0.3, -0.25) is 4.79 Å². The Hall–Kier alpha value is -3.02. The van der Waals surface area contributed by atoms with Gasteiger partial charge in [0.1, 0.15) is 5.69 Å². The zero-order valence-corrected chi connectivity index (χ0v) is 12.0. The second kappa shape index (κ2) is 6.17. The Morgan fingerprint density at radius 3 is 2.73 bits per heavy atom. The minimum atomic E-state index is -0.140. The highest BCUT2D eigenvalue weighted by molar-refractivity contribution is 5.93. The highest BCUT2D eigenvalue weighted by Crippen LogP contribution is 2.20. The summed E-state index contributed by atoms with van der Waals surface area (Å²) in [5, 5.41) is 11.4. The summed E-state index contributed by atoms with van der Waals surface area (Å²) in [7, 11) is 1.71. The third-order valence-corrected chi connectivity index (χ3v) is 3.19. The van der Waals surface area contributed by atoms with Crippen molar-refractivity contribution in [2.24, 2.45) is 0 Å². The summed E-state index contributed by atoms with van der Waals surface area (Å²) in [6.45, 7) is 0.359. The molecule has 6 nitrogen and oxygen atoms in total. The van der Waals surface area contributed by atoms with Crippen molar-refractivity contribution in [2.45, 2.75) is 6.54 Å². The van der Waals surface area contributed by atoms with Crippen LogP contribution < -0.4 is 0 Å². The molecule has 0 aliphatic rings. The van der Waals surface area contributed by atoms with Gasteiger partial charge in [0.25, 0.3) is 5.91 Å². The summed E-state index contributed by atoms with van der Waals surface area (Å²) in [5.41, 5.74) is 2.13. The fourth-order valence-corrected chi connectivity index (χ4v) is 2.08. The number of rotatable bonds is 4. The highest BCUT2D eigenvalue weighted by atomic mass is 16.5. The van der Waals surface area contributed by atoms with Crippen molar-refractivity contribution in [3.8, 4) is 11.3 Å². The minimum absolute atomic E-state index is 0.140. The average Bonchev–Trinajstić information content (AvgIpc) is 3.04. The molecule has 0 bridgehead atoms. The Morgan fingerprint density at radius 1 is 1.18 bits per heavy atom. The van der Waals surface area contributed by atoms with Gasteiger partial charge >= 0.3 is 0 Å². The maximum atomic E-state index is 12.2. The molecule has 0 unspecified atom stereocenters. The monoisotopic (exact) mass is 294 g/mol. The van der Waals surface area contributed by atoms with Crippen molar-refractivity contribution in [1.29, 1.82) is 0 Å². The van der Waals surface area contributed by atoms with Crippen LogP contribution in [0.5, 0.6) is 0 Å². The molecule has 1 amide bonds. The van der Waals surface area contributed by atoms with E-state index in [0.717, 1.165) is 5.56 Å². The quantitative estimate of drug-likeness (QED) is 0.739. The lowest BCUT2D eigenvalue weighted by Gasteiger charge is -2.14. The van der Waals surface area contributed by atoms with E-state index in [2.05, 4.69) is 15.4 Å². The molecule has 0 saturated heterocycles. The van der Waals surface area contributed by atoms with Crippen LogP contribution in [0.3, 0.4) is 0 Å². The fraction of sp³-hybridized carbons (Fsp3) is 0.125. The number of amides is 1. The first-order valence-corrected chi connectivity index (χ1v) is 6.77. The van der Waals surface area contributed by atoms with Gasteiger partial charge in [0.2, 0.25) is 0 Å². The molecule has 2 heterocycles. The van der Waals surface area contributed by atoms with Gasteiger partial charge in [-0.25, -0.2) is 0 Å². The molecule has 22 heavy (non-hydrogen) atoms. The second-order valence-corrected chi connectivity index (χ2v) is 4.84. The third-order valence-electron chi connectivity index (χ3n) is 3.19. The number of hydrogen-bond acceptors (Lipinski definition) is 5. The highest BCUT2D eigenvalue weighted by Gasteiger charge is 2.15. The van der Waals surface area contributed by atoms with Gasteiger partial charge in [-0.15, -0.1) is 0 Å². The van der Waals surface area contributed by atoms with Crippen molar-refractivity contribution >= 4 is 5.91 Å². The van der Waals surface area contributed by atoms with E-state index in [1.807, 2.05) is 36.4 Å². The number of benzene rings is 1. The van der Waals surface area contributed by atoms with Crippen molar-refractivity contribution in [2.75, 3.05) is 7.05 Å². The van der Waals surface area contributed by atoms with Gasteiger partial charge in [-0.2, -0.15) is 10.2 Å². The lowest BCUT2D eigenvalue weighted by Crippen LogP contribution is -2.26. The van der Waals surface area contributed by atoms with Crippen LogP contribution in [0.15, 0.2) is 59.4 Å². The summed E-state index contributed by atoms with van der Waals surface area (Å²) in [4.78, 5) is 13.8. The van der Waals surface area contributed by atoms with Crippen molar-refractivity contribution in [3.63, 3.8) is 0 Å². The number of carbonyl (C=O) groups is 1.